The number of carbonyl (C=O) groups is 1. The highest BCUT2D eigenvalue weighted by Crippen LogP contribution is 2.34. The molecule has 0 amide bonds. The smallest absolute Gasteiger partial charge is 0.339 e. The van der Waals surface area contributed by atoms with E-state index < -0.39 is 22.5 Å². The fourth-order valence-electron chi connectivity index (χ4n) is 3.24. The molecule has 3 rings (SSSR count). The second kappa shape index (κ2) is 8.05. The highest BCUT2D eigenvalue weighted by Gasteiger charge is 2.28. The Balaban J connectivity index is 2.00. The minimum Gasteiger partial charge on any atom is -0.457 e. The summed E-state index contributed by atoms with van der Waals surface area (Å²) in [5.74, 6) is -0.733. The van der Waals surface area contributed by atoms with E-state index in [1.54, 1.807) is 6.07 Å². The standard InChI is InChI=1S/C21H21FO4S/c1-13(2)9-14-3-6-16(7-4-14)20-18(11-26-21(20)23)17-8-5-15(10-19(17)22)12-27(24)25/h3-8,10,13,27H,9,11-12H2,1-2H3. The van der Waals surface area contributed by atoms with Crippen LogP contribution in [0, 0.1) is 11.7 Å². The molecular weight excluding hydrogens is 367 g/mol. The average molecular weight is 388 g/mol. The molecule has 0 saturated carbocycles. The summed E-state index contributed by atoms with van der Waals surface area (Å²) in [6.45, 7) is 4.27. The van der Waals surface area contributed by atoms with Crippen LogP contribution in [0.3, 0.4) is 0 Å². The minimum absolute atomic E-state index is 0.00595. The number of esters is 1. The molecule has 6 heteroatoms. The number of halogens is 1. The van der Waals surface area contributed by atoms with Gasteiger partial charge >= 0.3 is 5.97 Å². The number of thiol groups is 1. The number of cyclic esters (lactones) is 1. The van der Waals surface area contributed by atoms with Gasteiger partial charge in [-0.2, -0.15) is 0 Å². The van der Waals surface area contributed by atoms with Gasteiger partial charge in [-0.15, -0.1) is 0 Å². The van der Waals surface area contributed by atoms with Crippen molar-refractivity contribution in [1.82, 2.24) is 0 Å². The predicted octanol–water partition coefficient (Wildman–Crippen LogP) is 3.60. The SMILES string of the molecule is CC(C)Cc1ccc(C2=C(c3ccc(C[SH](=O)=O)cc3F)COC2=O)cc1. The van der Waals surface area contributed by atoms with E-state index in [2.05, 4.69) is 13.8 Å². The van der Waals surface area contributed by atoms with Crippen molar-refractivity contribution in [1.29, 1.82) is 0 Å². The van der Waals surface area contributed by atoms with Crippen LogP contribution in [0.2, 0.25) is 0 Å². The number of hydrogen-bond acceptors (Lipinski definition) is 4. The van der Waals surface area contributed by atoms with Crippen molar-refractivity contribution in [2.75, 3.05) is 6.61 Å². The zero-order chi connectivity index (χ0) is 19.6. The van der Waals surface area contributed by atoms with Gasteiger partial charge in [0.25, 0.3) is 0 Å². The summed E-state index contributed by atoms with van der Waals surface area (Å²) in [4.78, 5) is 12.3. The maximum Gasteiger partial charge on any atom is 0.339 e. The van der Waals surface area contributed by atoms with Crippen LogP contribution in [-0.4, -0.2) is 21.0 Å². The van der Waals surface area contributed by atoms with Gasteiger partial charge < -0.3 is 4.74 Å². The van der Waals surface area contributed by atoms with E-state index in [-0.39, 0.29) is 17.9 Å². The van der Waals surface area contributed by atoms with Crippen molar-refractivity contribution in [2.45, 2.75) is 26.0 Å². The first-order chi connectivity index (χ1) is 12.8. The Morgan fingerprint density at radius 1 is 1.07 bits per heavy atom. The Hall–Kier alpha value is -2.47. The summed E-state index contributed by atoms with van der Waals surface area (Å²) in [6.07, 6.45) is 0.939. The van der Waals surface area contributed by atoms with Crippen molar-refractivity contribution in [2.24, 2.45) is 5.92 Å². The Morgan fingerprint density at radius 3 is 2.33 bits per heavy atom. The molecule has 0 N–H and O–H groups in total. The minimum atomic E-state index is -2.63. The molecular formula is C21H21FO4S. The second-order valence-electron chi connectivity index (χ2n) is 7.03. The molecule has 0 atom stereocenters. The van der Waals surface area contributed by atoms with Crippen LogP contribution in [0.1, 0.15) is 36.1 Å². The molecule has 1 heterocycles. The van der Waals surface area contributed by atoms with Crippen LogP contribution in [-0.2, 0) is 32.4 Å². The molecule has 27 heavy (non-hydrogen) atoms. The van der Waals surface area contributed by atoms with Gasteiger partial charge in [0.15, 0.2) is 0 Å². The first kappa shape index (κ1) is 19.3. The van der Waals surface area contributed by atoms with Crippen molar-refractivity contribution in [3.63, 3.8) is 0 Å². The van der Waals surface area contributed by atoms with E-state index in [9.17, 15) is 17.6 Å². The maximum absolute atomic E-state index is 14.6. The summed E-state index contributed by atoms with van der Waals surface area (Å²) in [7, 11) is -2.63. The Bertz CT molecular complexity index is 964. The lowest BCUT2D eigenvalue weighted by Crippen LogP contribution is -2.00. The lowest BCUT2D eigenvalue weighted by Gasteiger charge is -2.09. The highest BCUT2D eigenvalue weighted by atomic mass is 32.2. The first-order valence-electron chi connectivity index (χ1n) is 8.75. The number of hydrogen-bond donors (Lipinski definition) is 1. The van der Waals surface area contributed by atoms with Gasteiger partial charge in [-0.25, -0.2) is 17.6 Å². The van der Waals surface area contributed by atoms with Crippen LogP contribution < -0.4 is 0 Å². The number of rotatable bonds is 6. The van der Waals surface area contributed by atoms with Crippen LogP contribution in [0.15, 0.2) is 42.5 Å². The third kappa shape index (κ3) is 4.45. The summed E-state index contributed by atoms with van der Waals surface area (Å²) in [6, 6.07) is 11.9. The fourth-order valence-corrected chi connectivity index (χ4v) is 3.73. The predicted molar refractivity (Wildman–Crippen MR) is 103 cm³/mol. The molecule has 1 aliphatic rings. The molecule has 2 aromatic carbocycles. The van der Waals surface area contributed by atoms with E-state index in [0.717, 1.165) is 6.42 Å². The van der Waals surface area contributed by atoms with E-state index in [4.69, 9.17) is 4.74 Å². The molecule has 2 aromatic rings. The quantitative estimate of drug-likeness (QED) is 0.607. The monoisotopic (exact) mass is 388 g/mol. The van der Waals surface area contributed by atoms with Crippen LogP contribution in [0.5, 0.6) is 0 Å². The van der Waals surface area contributed by atoms with Crippen LogP contribution >= 0.6 is 0 Å². The number of benzene rings is 2. The molecule has 0 bridgehead atoms. The summed E-state index contributed by atoms with van der Waals surface area (Å²) >= 11 is 0. The van der Waals surface area contributed by atoms with E-state index in [1.807, 2.05) is 24.3 Å². The lowest BCUT2D eigenvalue weighted by atomic mass is 9.94. The van der Waals surface area contributed by atoms with E-state index in [0.29, 0.717) is 28.2 Å². The molecule has 0 fully saturated rings. The van der Waals surface area contributed by atoms with Gasteiger partial charge in [0.2, 0.25) is 0 Å². The summed E-state index contributed by atoms with van der Waals surface area (Å²) in [5.41, 5.74) is 3.32. The summed E-state index contributed by atoms with van der Waals surface area (Å²) < 4.78 is 41.4. The van der Waals surface area contributed by atoms with Crippen molar-refractivity contribution >= 4 is 27.8 Å². The average Bonchev–Trinajstić information content (AvgIpc) is 2.96. The third-order valence-corrected chi connectivity index (χ3v) is 5.03. The number of carbonyl (C=O) groups excluding carboxylic acids is 1. The molecule has 4 nitrogen and oxygen atoms in total. The van der Waals surface area contributed by atoms with Gasteiger partial charge in [-0.3, -0.25) is 0 Å². The zero-order valence-electron chi connectivity index (χ0n) is 15.2. The van der Waals surface area contributed by atoms with Gasteiger partial charge in [0, 0.05) is 11.1 Å². The van der Waals surface area contributed by atoms with Crippen molar-refractivity contribution in [3.8, 4) is 0 Å². The molecule has 1 aliphatic heterocycles. The maximum atomic E-state index is 14.6. The highest BCUT2D eigenvalue weighted by molar-refractivity contribution is 7.71. The molecule has 142 valence electrons. The third-order valence-electron chi connectivity index (χ3n) is 4.41. The molecule has 0 unspecified atom stereocenters. The number of ether oxygens (including phenoxy) is 1. The Labute approximate surface area is 159 Å². The van der Waals surface area contributed by atoms with Crippen molar-refractivity contribution in [3.05, 3.63) is 70.5 Å². The zero-order valence-corrected chi connectivity index (χ0v) is 16.1. The van der Waals surface area contributed by atoms with Gasteiger partial charge in [0.05, 0.1) is 11.3 Å². The molecule has 0 aliphatic carbocycles. The molecule has 0 aromatic heterocycles. The second-order valence-corrected chi connectivity index (χ2v) is 8.01. The molecule has 0 spiro atoms. The summed E-state index contributed by atoms with van der Waals surface area (Å²) in [5, 5.41) is 0. The van der Waals surface area contributed by atoms with E-state index in [1.165, 1.54) is 17.7 Å². The van der Waals surface area contributed by atoms with Crippen molar-refractivity contribution < 1.29 is 22.3 Å². The Kier molecular flexibility index (Phi) is 5.75. The largest absolute Gasteiger partial charge is 0.457 e. The topological polar surface area (TPSA) is 60.4 Å². The van der Waals surface area contributed by atoms with Gasteiger partial charge in [-0.05, 0) is 35.1 Å². The normalized spacial score (nSPS) is 14.3. The first-order valence-corrected chi connectivity index (χ1v) is 10.1. The molecule has 0 radical (unpaired) electrons. The van der Waals surface area contributed by atoms with Gasteiger partial charge in [-0.1, -0.05) is 50.2 Å². The van der Waals surface area contributed by atoms with Crippen LogP contribution in [0.25, 0.3) is 11.1 Å². The van der Waals surface area contributed by atoms with Crippen LogP contribution in [0.4, 0.5) is 4.39 Å². The van der Waals surface area contributed by atoms with E-state index >= 15 is 0 Å². The lowest BCUT2D eigenvalue weighted by molar-refractivity contribution is -0.133. The molecule has 0 saturated heterocycles. The fraction of sp³-hybridized carbons (Fsp3) is 0.286. The van der Waals surface area contributed by atoms with Gasteiger partial charge in [0.1, 0.15) is 23.1 Å². The Morgan fingerprint density at radius 2 is 1.74 bits per heavy atom.